The van der Waals surface area contributed by atoms with Gasteiger partial charge in [0.05, 0.1) is 23.8 Å². The Morgan fingerprint density at radius 2 is 1.16 bits per heavy atom. The lowest BCUT2D eigenvalue weighted by Gasteiger charge is -2.40. The van der Waals surface area contributed by atoms with Crippen molar-refractivity contribution in [3.05, 3.63) is 107 Å². The molecule has 15 heteroatoms. The van der Waals surface area contributed by atoms with E-state index in [2.05, 4.69) is 46.3 Å². The molecule has 7 rings (SSSR count). The van der Waals surface area contributed by atoms with Crippen LogP contribution in [0.2, 0.25) is 0 Å². The number of hydrogen-bond acceptors (Lipinski definition) is 7. The summed E-state index contributed by atoms with van der Waals surface area (Å²) in [6.45, 7) is 16.5. The lowest BCUT2D eigenvalue weighted by atomic mass is 9.87. The van der Waals surface area contributed by atoms with Crippen molar-refractivity contribution in [2.75, 3.05) is 13.1 Å². The topological polar surface area (TPSA) is 147 Å². The number of carbonyl (C=O) groups is 3. The van der Waals surface area contributed by atoms with E-state index >= 15 is 0 Å². The van der Waals surface area contributed by atoms with Gasteiger partial charge in [-0.3, -0.25) is 9.59 Å². The third-order valence-electron chi connectivity index (χ3n) is 9.28. The number of benzene rings is 2. The number of hydrogen-bond donors (Lipinski definition) is 2. The molecule has 0 aliphatic carbocycles. The highest BCUT2D eigenvalue weighted by Crippen LogP contribution is 2.32. The molecule has 0 spiro atoms. The first-order valence-corrected chi connectivity index (χ1v) is 17.4. The second-order valence-corrected chi connectivity index (χ2v) is 15.8. The molecule has 12 nitrogen and oxygen atoms in total. The molecule has 5 heterocycles. The smallest absolute Gasteiger partial charge is 0.356 e. The molecular formula is C40H45F2N8O4P. The van der Waals surface area contributed by atoms with Gasteiger partial charge in [0.2, 0.25) is 5.91 Å². The number of nitrogens with one attached hydrogen (secondary N) is 1. The van der Waals surface area contributed by atoms with Gasteiger partial charge in [0, 0.05) is 35.3 Å². The number of rotatable bonds is 4. The predicted molar refractivity (Wildman–Crippen MR) is 210 cm³/mol. The Balaban J connectivity index is 0.000000216. The minimum absolute atomic E-state index is 0. The van der Waals surface area contributed by atoms with Crippen molar-refractivity contribution in [2.45, 2.75) is 71.8 Å². The van der Waals surface area contributed by atoms with Crippen molar-refractivity contribution in [2.24, 2.45) is 0 Å². The lowest BCUT2D eigenvalue weighted by molar-refractivity contribution is -0.133. The quantitative estimate of drug-likeness (QED) is 0.187. The lowest BCUT2D eigenvalue weighted by Crippen LogP contribution is -2.63. The van der Waals surface area contributed by atoms with Crippen LogP contribution in [0.3, 0.4) is 0 Å². The van der Waals surface area contributed by atoms with E-state index in [1.54, 1.807) is 53.7 Å². The highest BCUT2D eigenvalue weighted by atomic mass is 31.0. The minimum Gasteiger partial charge on any atom is -0.476 e. The normalized spacial score (nSPS) is 14.2. The summed E-state index contributed by atoms with van der Waals surface area (Å²) in [5, 5.41) is 21.0. The van der Waals surface area contributed by atoms with Gasteiger partial charge in [0.15, 0.2) is 17.0 Å². The van der Waals surface area contributed by atoms with Gasteiger partial charge < -0.3 is 15.3 Å². The van der Waals surface area contributed by atoms with Crippen molar-refractivity contribution in [1.29, 1.82) is 0 Å². The van der Waals surface area contributed by atoms with Crippen LogP contribution in [0.25, 0.3) is 33.8 Å². The van der Waals surface area contributed by atoms with Gasteiger partial charge in [-0.1, -0.05) is 41.5 Å². The van der Waals surface area contributed by atoms with Gasteiger partial charge >= 0.3 is 5.97 Å². The minimum atomic E-state index is -1.10. The number of carbonyl (C=O) groups excluding carboxylic acids is 2. The van der Waals surface area contributed by atoms with Crippen LogP contribution in [0.1, 0.15) is 87.5 Å². The number of fused-ring (bicyclic) bond motifs is 2. The zero-order valence-corrected chi connectivity index (χ0v) is 33.5. The molecule has 1 aliphatic rings. The van der Waals surface area contributed by atoms with Gasteiger partial charge in [-0.05, 0) is 85.3 Å². The van der Waals surface area contributed by atoms with Gasteiger partial charge in [0.1, 0.15) is 22.9 Å². The number of aromatic carboxylic acids is 1. The first-order valence-electron chi connectivity index (χ1n) is 17.4. The van der Waals surface area contributed by atoms with Crippen molar-refractivity contribution < 1.29 is 28.3 Å². The van der Waals surface area contributed by atoms with Gasteiger partial charge in [0.25, 0.3) is 5.91 Å². The standard InChI is InChI=1S/C23H26FN5O2.C17H16FN3O2.H3P/c1-22(2,3)16-12-17(14-6-8-15(24)9-7-14)27-29-13-18(26-19(16)29)20(30)28-11-10-25-21(31)23(28,4)5;1-17(2,3)12-8-13(10-4-6-11(18)7-5-10)20-21-9-14(16(22)23)19-15(12)21;/h6-9,12-13H,10-11H2,1-5H3,(H,25,31);4-9H,1-3H3,(H,22,23);1H3. The average molecular weight is 771 g/mol. The Morgan fingerprint density at radius 1 is 0.745 bits per heavy atom. The summed E-state index contributed by atoms with van der Waals surface area (Å²) in [4.78, 5) is 47.1. The fourth-order valence-electron chi connectivity index (χ4n) is 6.18. The molecule has 0 radical (unpaired) electrons. The van der Waals surface area contributed by atoms with E-state index in [-0.39, 0.29) is 55.6 Å². The van der Waals surface area contributed by atoms with Crippen LogP contribution < -0.4 is 5.32 Å². The molecule has 2 amide bonds. The molecule has 2 aromatic carbocycles. The van der Waals surface area contributed by atoms with Crippen LogP contribution in [-0.2, 0) is 15.6 Å². The molecule has 1 fully saturated rings. The van der Waals surface area contributed by atoms with Crippen molar-refractivity contribution in [1.82, 2.24) is 39.4 Å². The summed E-state index contributed by atoms with van der Waals surface area (Å²) in [6.07, 6.45) is 2.99. The van der Waals surface area contributed by atoms with Crippen molar-refractivity contribution >= 4 is 39.0 Å². The summed E-state index contributed by atoms with van der Waals surface area (Å²) in [7, 11) is 0. The van der Waals surface area contributed by atoms with Crippen LogP contribution in [0, 0.1) is 11.6 Å². The fraction of sp³-hybridized carbons (Fsp3) is 0.325. The van der Waals surface area contributed by atoms with E-state index in [4.69, 9.17) is 5.11 Å². The first-order chi connectivity index (χ1) is 25.2. The molecule has 288 valence electrons. The number of carboxylic acids is 1. The monoisotopic (exact) mass is 770 g/mol. The molecular weight excluding hydrogens is 725 g/mol. The second kappa shape index (κ2) is 14.9. The molecule has 4 aromatic heterocycles. The first kappa shape index (κ1) is 40.6. The van der Waals surface area contributed by atoms with Crippen LogP contribution >= 0.6 is 9.90 Å². The number of aromatic nitrogens is 6. The third kappa shape index (κ3) is 8.24. The van der Waals surface area contributed by atoms with Gasteiger partial charge in [-0.15, -0.1) is 0 Å². The zero-order chi connectivity index (χ0) is 39.3. The molecule has 1 atom stereocenters. The highest BCUT2D eigenvalue weighted by molar-refractivity contribution is 6.92. The van der Waals surface area contributed by atoms with Crippen LogP contribution in [0.15, 0.2) is 73.1 Å². The summed E-state index contributed by atoms with van der Waals surface area (Å²) in [6, 6.07) is 16.0. The Labute approximate surface area is 320 Å². The highest BCUT2D eigenvalue weighted by Gasteiger charge is 2.41. The van der Waals surface area contributed by atoms with E-state index in [1.807, 2.05) is 32.9 Å². The number of carboxylic acid groups (broad SMARTS) is 1. The van der Waals surface area contributed by atoms with E-state index in [1.165, 1.54) is 35.0 Å². The SMILES string of the molecule is CC(C)(C)c1cc(-c2ccc(F)cc2)nn2cc(C(=O)N3CCNC(=O)C3(C)C)nc12.CC(C)(C)c1cc(-c2ccc(F)cc2)nn2cc(C(=O)O)nc12.P. The van der Waals surface area contributed by atoms with E-state index < -0.39 is 11.5 Å². The molecule has 1 aliphatic heterocycles. The number of imidazole rings is 2. The Morgan fingerprint density at radius 3 is 1.58 bits per heavy atom. The molecule has 2 N–H and O–H groups in total. The fourth-order valence-corrected chi connectivity index (χ4v) is 6.18. The van der Waals surface area contributed by atoms with Crippen LogP contribution in [-0.4, -0.2) is 75.6 Å². The summed E-state index contributed by atoms with van der Waals surface area (Å²) < 4.78 is 29.6. The second-order valence-electron chi connectivity index (χ2n) is 15.8. The van der Waals surface area contributed by atoms with Crippen molar-refractivity contribution in [3.8, 4) is 22.5 Å². The molecule has 1 unspecified atom stereocenters. The number of halogens is 2. The summed E-state index contributed by atoms with van der Waals surface area (Å²) >= 11 is 0. The van der Waals surface area contributed by atoms with E-state index in [0.717, 1.165) is 22.3 Å². The molecule has 6 aromatic rings. The zero-order valence-electron chi connectivity index (χ0n) is 32.1. The Bertz CT molecular complexity index is 2410. The Kier molecular flexibility index (Phi) is 11.0. The number of piperazine rings is 1. The maximum absolute atomic E-state index is 13.4. The third-order valence-corrected chi connectivity index (χ3v) is 9.28. The van der Waals surface area contributed by atoms with E-state index in [9.17, 15) is 23.2 Å². The maximum atomic E-state index is 13.4. The van der Waals surface area contributed by atoms with E-state index in [0.29, 0.717) is 35.8 Å². The number of nitrogens with zero attached hydrogens (tertiary/aromatic N) is 7. The predicted octanol–water partition coefficient (Wildman–Crippen LogP) is 6.77. The van der Waals surface area contributed by atoms with Crippen LogP contribution in [0.4, 0.5) is 8.78 Å². The largest absolute Gasteiger partial charge is 0.476 e. The summed E-state index contributed by atoms with van der Waals surface area (Å²) in [5.41, 5.74) is 4.39. The molecule has 0 bridgehead atoms. The molecule has 0 saturated carbocycles. The van der Waals surface area contributed by atoms with Gasteiger partial charge in [-0.25, -0.2) is 32.6 Å². The summed E-state index contributed by atoms with van der Waals surface area (Å²) in [5.74, 6) is -2.23. The molecule has 55 heavy (non-hydrogen) atoms. The average Bonchev–Trinajstić information content (AvgIpc) is 3.73. The maximum Gasteiger partial charge on any atom is 0.356 e. The Hall–Kier alpha value is -5.62. The van der Waals surface area contributed by atoms with Gasteiger partial charge in [-0.2, -0.15) is 20.1 Å². The number of amides is 2. The van der Waals surface area contributed by atoms with Crippen LogP contribution in [0.5, 0.6) is 0 Å². The van der Waals surface area contributed by atoms with Crippen molar-refractivity contribution in [3.63, 3.8) is 0 Å². The molecule has 1 saturated heterocycles.